The van der Waals surface area contributed by atoms with Crippen molar-refractivity contribution < 1.29 is 0 Å². The van der Waals surface area contributed by atoms with Crippen LogP contribution in [0.4, 0.5) is 0 Å². The number of nitrogens with one attached hydrogen (secondary N) is 1. The molecule has 2 bridgehead atoms. The summed E-state index contributed by atoms with van der Waals surface area (Å²) in [5.74, 6) is 2.90. The maximum Gasteiger partial charge on any atom is 0.00700 e. The molecule has 0 aromatic rings. The van der Waals surface area contributed by atoms with Gasteiger partial charge in [-0.25, -0.2) is 0 Å². The van der Waals surface area contributed by atoms with Crippen LogP contribution in [0.2, 0.25) is 0 Å². The topological polar surface area (TPSA) is 12.0 Å². The zero-order valence-electron chi connectivity index (χ0n) is 7.64. The lowest BCUT2D eigenvalue weighted by Gasteiger charge is -2.32. The summed E-state index contributed by atoms with van der Waals surface area (Å²) in [6, 6.07) is 0.884. The fraction of sp³-hybridized carbons (Fsp3) is 1.00. The van der Waals surface area contributed by atoms with Gasteiger partial charge in [-0.15, -0.1) is 0 Å². The molecule has 3 atom stereocenters. The highest BCUT2D eigenvalue weighted by molar-refractivity contribution is 4.91. The molecule has 3 unspecified atom stereocenters. The predicted molar refractivity (Wildman–Crippen MR) is 47.5 cm³/mol. The highest BCUT2D eigenvalue weighted by atomic mass is 14.9. The summed E-state index contributed by atoms with van der Waals surface area (Å²) in [7, 11) is 0. The summed E-state index contributed by atoms with van der Waals surface area (Å²) in [6.07, 6.45) is 4.39. The third-order valence-corrected chi connectivity index (χ3v) is 3.58. The van der Waals surface area contributed by atoms with Gasteiger partial charge in [-0.05, 0) is 43.6 Å². The molecule has 0 spiro atoms. The van der Waals surface area contributed by atoms with Gasteiger partial charge in [0.05, 0.1) is 0 Å². The molecule has 1 aliphatic heterocycles. The molecule has 0 aromatic carbocycles. The minimum atomic E-state index is 0.881. The minimum absolute atomic E-state index is 0.881. The van der Waals surface area contributed by atoms with Crippen LogP contribution in [0.15, 0.2) is 0 Å². The normalized spacial score (nSPS) is 43.4. The summed E-state index contributed by atoms with van der Waals surface area (Å²) < 4.78 is 0. The number of hydrogen-bond acceptors (Lipinski definition) is 1. The molecule has 2 rings (SSSR count). The molecule has 1 nitrogen and oxygen atoms in total. The van der Waals surface area contributed by atoms with E-state index in [0.717, 1.165) is 23.8 Å². The van der Waals surface area contributed by atoms with Gasteiger partial charge < -0.3 is 5.32 Å². The predicted octanol–water partition coefficient (Wildman–Crippen LogP) is 2.03. The molecular weight excluding hydrogens is 134 g/mol. The molecule has 2 fully saturated rings. The van der Waals surface area contributed by atoms with Crippen molar-refractivity contribution in [2.24, 2.45) is 17.8 Å². The molecule has 64 valence electrons. The van der Waals surface area contributed by atoms with Gasteiger partial charge in [0.2, 0.25) is 0 Å². The molecule has 1 N–H and O–H groups in total. The van der Waals surface area contributed by atoms with Crippen molar-refractivity contribution in [3.8, 4) is 0 Å². The molecule has 0 aromatic heterocycles. The van der Waals surface area contributed by atoms with Crippen LogP contribution in [0.25, 0.3) is 0 Å². The van der Waals surface area contributed by atoms with Crippen molar-refractivity contribution in [3.05, 3.63) is 0 Å². The van der Waals surface area contributed by atoms with Gasteiger partial charge >= 0.3 is 0 Å². The van der Waals surface area contributed by atoms with Crippen molar-refractivity contribution in [2.75, 3.05) is 6.54 Å². The maximum absolute atomic E-state index is 3.64. The summed E-state index contributed by atoms with van der Waals surface area (Å²) in [5, 5.41) is 3.64. The van der Waals surface area contributed by atoms with Crippen molar-refractivity contribution in [1.82, 2.24) is 5.32 Å². The van der Waals surface area contributed by atoms with E-state index in [-0.39, 0.29) is 0 Å². The quantitative estimate of drug-likeness (QED) is 0.608. The fourth-order valence-corrected chi connectivity index (χ4v) is 2.84. The second kappa shape index (κ2) is 2.78. The number of rotatable bonds is 1. The Labute approximate surface area is 69.6 Å². The van der Waals surface area contributed by atoms with Crippen molar-refractivity contribution >= 4 is 0 Å². The number of fused-ring (bicyclic) bond motifs is 2. The van der Waals surface area contributed by atoms with Crippen molar-refractivity contribution in [2.45, 2.75) is 39.2 Å². The molecule has 1 saturated heterocycles. The monoisotopic (exact) mass is 153 g/mol. The first-order chi connectivity index (χ1) is 5.27. The molecular formula is C10H19N. The van der Waals surface area contributed by atoms with E-state index in [4.69, 9.17) is 0 Å². The van der Waals surface area contributed by atoms with Gasteiger partial charge in [0.25, 0.3) is 0 Å². The van der Waals surface area contributed by atoms with Crippen molar-refractivity contribution in [3.63, 3.8) is 0 Å². The summed E-state index contributed by atoms with van der Waals surface area (Å²) >= 11 is 0. The number of hydrogen-bond donors (Lipinski definition) is 1. The second-order valence-corrected chi connectivity index (χ2v) is 4.59. The number of piperidine rings is 1. The van der Waals surface area contributed by atoms with E-state index in [0.29, 0.717) is 0 Å². The Morgan fingerprint density at radius 2 is 2.09 bits per heavy atom. The Balaban J connectivity index is 2.01. The summed E-state index contributed by atoms with van der Waals surface area (Å²) in [4.78, 5) is 0. The zero-order chi connectivity index (χ0) is 7.84. The van der Waals surface area contributed by atoms with E-state index in [9.17, 15) is 0 Å². The summed E-state index contributed by atoms with van der Waals surface area (Å²) in [5.41, 5.74) is 0. The first-order valence-corrected chi connectivity index (χ1v) is 5.00. The van der Waals surface area contributed by atoms with Gasteiger partial charge in [-0.3, -0.25) is 0 Å². The zero-order valence-corrected chi connectivity index (χ0v) is 7.64. The van der Waals surface area contributed by atoms with Crippen LogP contribution >= 0.6 is 0 Å². The average Bonchev–Trinajstić information content (AvgIpc) is 2.32. The first-order valence-electron chi connectivity index (χ1n) is 5.00. The highest BCUT2D eigenvalue weighted by Crippen LogP contribution is 2.38. The lowest BCUT2D eigenvalue weighted by atomic mass is 9.80. The van der Waals surface area contributed by atoms with Crippen LogP contribution < -0.4 is 5.32 Å². The molecule has 11 heavy (non-hydrogen) atoms. The Bertz CT molecular complexity index is 142. The van der Waals surface area contributed by atoms with Crippen LogP contribution in [-0.4, -0.2) is 12.6 Å². The third kappa shape index (κ3) is 1.31. The highest BCUT2D eigenvalue weighted by Gasteiger charge is 2.36. The summed E-state index contributed by atoms with van der Waals surface area (Å²) in [6.45, 7) is 6.02. The van der Waals surface area contributed by atoms with Crippen molar-refractivity contribution in [1.29, 1.82) is 0 Å². The van der Waals surface area contributed by atoms with E-state index in [1.54, 1.807) is 0 Å². The maximum atomic E-state index is 3.64. The van der Waals surface area contributed by atoms with Crippen LogP contribution in [0.5, 0.6) is 0 Å². The van der Waals surface area contributed by atoms with E-state index in [1.807, 2.05) is 0 Å². The molecule has 1 aliphatic carbocycles. The molecule has 1 heterocycles. The molecule has 1 saturated carbocycles. The Morgan fingerprint density at radius 1 is 1.27 bits per heavy atom. The fourth-order valence-electron chi connectivity index (χ4n) is 2.84. The van der Waals surface area contributed by atoms with E-state index < -0.39 is 0 Å². The van der Waals surface area contributed by atoms with Gasteiger partial charge in [0.15, 0.2) is 0 Å². The van der Waals surface area contributed by atoms with Gasteiger partial charge in [0, 0.05) is 6.04 Å². The Hall–Kier alpha value is -0.0400. The molecule has 2 aliphatic rings. The minimum Gasteiger partial charge on any atom is -0.314 e. The SMILES string of the molecule is CC(C)C1CNC2CCC1C2. The molecule has 0 radical (unpaired) electrons. The third-order valence-electron chi connectivity index (χ3n) is 3.58. The average molecular weight is 153 g/mol. The molecule has 1 heteroatoms. The van der Waals surface area contributed by atoms with Crippen LogP contribution in [0, 0.1) is 17.8 Å². The smallest absolute Gasteiger partial charge is 0.00700 e. The van der Waals surface area contributed by atoms with E-state index in [1.165, 1.54) is 25.8 Å². The van der Waals surface area contributed by atoms with Gasteiger partial charge in [0.1, 0.15) is 0 Å². The van der Waals surface area contributed by atoms with Crippen LogP contribution in [0.1, 0.15) is 33.1 Å². The van der Waals surface area contributed by atoms with E-state index in [2.05, 4.69) is 19.2 Å². The lowest BCUT2D eigenvalue weighted by molar-refractivity contribution is 0.210. The van der Waals surface area contributed by atoms with Crippen LogP contribution in [-0.2, 0) is 0 Å². The Kier molecular flexibility index (Phi) is 1.92. The van der Waals surface area contributed by atoms with E-state index >= 15 is 0 Å². The Morgan fingerprint density at radius 3 is 2.82 bits per heavy atom. The standard InChI is InChI=1S/C10H19N/c1-7(2)10-6-11-9-4-3-8(10)5-9/h7-11H,3-6H2,1-2H3. The first kappa shape index (κ1) is 7.60. The van der Waals surface area contributed by atoms with Crippen LogP contribution in [0.3, 0.4) is 0 Å². The largest absolute Gasteiger partial charge is 0.314 e. The molecule has 0 amide bonds. The lowest BCUT2D eigenvalue weighted by Crippen LogP contribution is -2.40. The van der Waals surface area contributed by atoms with Gasteiger partial charge in [-0.2, -0.15) is 0 Å². The second-order valence-electron chi connectivity index (χ2n) is 4.59. The van der Waals surface area contributed by atoms with Gasteiger partial charge in [-0.1, -0.05) is 13.8 Å².